The van der Waals surface area contributed by atoms with Crippen LogP contribution >= 0.6 is 11.3 Å². The van der Waals surface area contributed by atoms with Gasteiger partial charge in [0.25, 0.3) is 0 Å². The number of fused-ring (bicyclic) bond motifs is 5. The number of hydrogen-bond acceptors (Lipinski definition) is 2. The molecule has 0 saturated carbocycles. The van der Waals surface area contributed by atoms with Gasteiger partial charge < -0.3 is 0 Å². The normalized spacial score (nSPS) is 11.7. The maximum atomic E-state index is 5.03. The van der Waals surface area contributed by atoms with Crippen molar-refractivity contribution in [3.63, 3.8) is 0 Å². The molecule has 8 aromatic carbocycles. The molecule has 0 fully saturated rings. The fraction of sp³-hybridized carbons (Fsp3) is 0. The molecule has 43 heavy (non-hydrogen) atoms. The summed E-state index contributed by atoms with van der Waals surface area (Å²) in [7, 11) is 0. The van der Waals surface area contributed by atoms with Crippen LogP contribution in [0.15, 0.2) is 152 Å². The van der Waals surface area contributed by atoms with Gasteiger partial charge in [0, 0.05) is 5.56 Å². The maximum absolute atomic E-state index is 5.03. The number of aromatic nitrogens is 1. The van der Waals surface area contributed by atoms with E-state index in [1.54, 1.807) is 11.3 Å². The Morgan fingerprint density at radius 2 is 0.884 bits per heavy atom. The smallest absolute Gasteiger partial charge is 0.124 e. The summed E-state index contributed by atoms with van der Waals surface area (Å²) in [5, 5.41) is 11.1. The van der Waals surface area contributed by atoms with Crippen molar-refractivity contribution in [3.05, 3.63) is 152 Å². The van der Waals surface area contributed by atoms with Gasteiger partial charge in [0.1, 0.15) is 5.01 Å². The van der Waals surface area contributed by atoms with E-state index < -0.39 is 0 Å². The van der Waals surface area contributed by atoms with Crippen LogP contribution in [0.2, 0.25) is 0 Å². The average molecular weight is 564 g/mol. The van der Waals surface area contributed by atoms with Gasteiger partial charge in [0.2, 0.25) is 0 Å². The van der Waals surface area contributed by atoms with Gasteiger partial charge in [0.15, 0.2) is 0 Å². The van der Waals surface area contributed by atoms with Crippen LogP contribution in [-0.4, -0.2) is 4.98 Å². The SMILES string of the molecule is c1ccc2cc(-c3c4ccccc4c(-c4ccc5ccccc5c4)c4cc(-c5nc6ccccc6s5)ccc34)ccc2c1. The standard InChI is InChI=1S/C41H25NS/c1-3-11-28-23-30(19-17-26(28)9-1)39-33-13-5-6-14-34(33)40(31-20-18-27-10-2-4-12-29(27)24-31)36-25-32(21-22-35(36)39)41-42-37-15-7-8-16-38(37)43-41/h1-25H. The van der Waals surface area contributed by atoms with Crippen molar-refractivity contribution in [1.29, 1.82) is 0 Å². The van der Waals surface area contributed by atoms with Gasteiger partial charge in [-0.15, -0.1) is 11.3 Å². The molecular formula is C41H25NS. The van der Waals surface area contributed by atoms with Crippen molar-refractivity contribution in [2.75, 3.05) is 0 Å². The third-order valence-electron chi connectivity index (χ3n) is 8.64. The van der Waals surface area contributed by atoms with Crippen molar-refractivity contribution in [1.82, 2.24) is 4.98 Å². The van der Waals surface area contributed by atoms with Crippen LogP contribution in [0.4, 0.5) is 0 Å². The van der Waals surface area contributed by atoms with Gasteiger partial charge in [-0.1, -0.05) is 121 Å². The molecule has 0 radical (unpaired) electrons. The molecule has 9 aromatic rings. The number of nitrogens with zero attached hydrogens (tertiary/aromatic N) is 1. The molecule has 0 aliphatic carbocycles. The van der Waals surface area contributed by atoms with Crippen molar-refractivity contribution in [3.8, 4) is 32.8 Å². The van der Waals surface area contributed by atoms with E-state index in [2.05, 4.69) is 152 Å². The summed E-state index contributed by atoms with van der Waals surface area (Å²) in [5.74, 6) is 0. The molecule has 0 bridgehead atoms. The van der Waals surface area contributed by atoms with Crippen LogP contribution in [-0.2, 0) is 0 Å². The number of benzene rings is 8. The third kappa shape index (κ3) is 3.95. The largest absolute Gasteiger partial charge is 0.236 e. The fourth-order valence-electron chi connectivity index (χ4n) is 6.62. The molecule has 1 nitrogen and oxygen atoms in total. The van der Waals surface area contributed by atoms with Crippen molar-refractivity contribution in [2.24, 2.45) is 0 Å². The highest BCUT2D eigenvalue weighted by molar-refractivity contribution is 7.21. The Hall–Kier alpha value is -5.31. The summed E-state index contributed by atoms with van der Waals surface area (Å²) in [6, 6.07) is 55.2. The summed E-state index contributed by atoms with van der Waals surface area (Å²) in [4.78, 5) is 5.03. The minimum absolute atomic E-state index is 1.05. The Bertz CT molecular complexity index is 2490. The molecule has 0 aliphatic rings. The Labute approximate surface area is 253 Å². The van der Waals surface area contributed by atoms with Gasteiger partial charge in [-0.2, -0.15) is 0 Å². The molecule has 0 amide bonds. The number of hydrogen-bond donors (Lipinski definition) is 0. The molecule has 200 valence electrons. The van der Waals surface area contributed by atoms with Gasteiger partial charge in [0.05, 0.1) is 10.2 Å². The number of thiazole rings is 1. The molecule has 0 aliphatic heterocycles. The molecule has 9 rings (SSSR count). The lowest BCUT2D eigenvalue weighted by Crippen LogP contribution is -1.92. The summed E-state index contributed by atoms with van der Waals surface area (Å²) in [6.45, 7) is 0. The predicted octanol–water partition coefficient (Wildman–Crippen LogP) is 11.9. The zero-order valence-corrected chi connectivity index (χ0v) is 24.1. The molecular weight excluding hydrogens is 539 g/mol. The second-order valence-electron chi connectivity index (χ2n) is 11.2. The summed E-state index contributed by atoms with van der Waals surface area (Å²) in [5.41, 5.74) is 7.20. The zero-order chi connectivity index (χ0) is 28.3. The lowest BCUT2D eigenvalue weighted by molar-refractivity contribution is 1.48. The second kappa shape index (κ2) is 9.62. The van der Waals surface area contributed by atoms with Crippen LogP contribution in [0.3, 0.4) is 0 Å². The van der Waals surface area contributed by atoms with E-state index in [1.807, 2.05) is 0 Å². The monoisotopic (exact) mass is 563 g/mol. The highest BCUT2D eigenvalue weighted by atomic mass is 32.1. The van der Waals surface area contributed by atoms with E-state index in [-0.39, 0.29) is 0 Å². The first kappa shape index (κ1) is 24.3. The quantitative estimate of drug-likeness (QED) is 0.195. The first-order chi connectivity index (χ1) is 21.3. The van der Waals surface area contributed by atoms with Crippen molar-refractivity contribution in [2.45, 2.75) is 0 Å². The zero-order valence-electron chi connectivity index (χ0n) is 23.3. The van der Waals surface area contributed by atoms with E-state index >= 15 is 0 Å². The van der Waals surface area contributed by atoms with Crippen molar-refractivity contribution >= 4 is 64.6 Å². The van der Waals surface area contributed by atoms with Crippen LogP contribution in [0.5, 0.6) is 0 Å². The molecule has 0 N–H and O–H groups in total. The Balaban J connectivity index is 1.40. The maximum Gasteiger partial charge on any atom is 0.124 e. The molecule has 0 saturated heterocycles. The first-order valence-electron chi connectivity index (χ1n) is 14.6. The Morgan fingerprint density at radius 3 is 1.53 bits per heavy atom. The lowest BCUT2D eigenvalue weighted by Gasteiger charge is -2.19. The van der Waals surface area contributed by atoms with Gasteiger partial charge in [-0.25, -0.2) is 4.98 Å². The third-order valence-corrected chi connectivity index (χ3v) is 9.73. The first-order valence-corrected chi connectivity index (χ1v) is 15.4. The van der Waals surface area contributed by atoms with E-state index in [0.29, 0.717) is 0 Å². The van der Waals surface area contributed by atoms with Gasteiger partial charge in [-0.3, -0.25) is 0 Å². The van der Waals surface area contributed by atoms with E-state index in [0.717, 1.165) is 16.1 Å². The fourth-order valence-corrected chi connectivity index (χ4v) is 7.58. The van der Waals surface area contributed by atoms with Crippen LogP contribution in [0.25, 0.3) is 86.1 Å². The topological polar surface area (TPSA) is 12.9 Å². The van der Waals surface area contributed by atoms with Crippen LogP contribution in [0, 0.1) is 0 Å². The van der Waals surface area contributed by atoms with Crippen LogP contribution < -0.4 is 0 Å². The van der Waals surface area contributed by atoms with E-state index in [1.165, 1.54) is 70.0 Å². The molecule has 1 aromatic heterocycles. The summed E-state index contributed by atoms with van der Waals surface area (Å²) >= 11 is 1.76. The number of rotatable bonds is 3. The van der Waals surface area contributed by atoms with E-state index in [9.17, 15) is 0 Å². The molecule has 0 spiro atoms. The van der Waals surface area contributed by atoms with Crippen LogP contribution in [0.1, 0.15) is 0 Å². The lowest BCUT2D eigenvalue weighted by atomic mass is 9.84. The molecule has 1 heterocycles. The van der Waals surface area contributed by atoms with Crippen molar-refractivity contribution < 1.29 is 0 Å². The number of para-hydroxylation sites is 1. The molecule has 0 unspecified atom stereocenters. The van der Waals surface area contributed by atoms with Gasteiger partial charge >= 0.3 is 0 Å². The van der Waals surface area contributed by atoms with Gasteiger partial charge in [-0.05, 0) is 95.7 Å². The Morgan fingerprint density at radius 1 is 0.372 bits per heavy atom. The molecule has 0 atom stereocenters. The summed E-state index contributed by atoms with van der Waals surface area (Å²) < 4.78 is 1.21. The van der Waals surface area contributed by atoms with E-state index in [4.69, 9.17) is 4.98 Å². The highest BCUT2D eigenvalue weighted by Crippen LogP contribution is 2.46. The Kier molecular flexibility index (Phi) is 5.44. The molecule has 2 heteroatoms. The minimum Gasteiger partial charge on any atom is -0.236 e. The minimum atomic E-state index is 1.05. The average Bonchev–Trinajstić information content (AvgIpc) is 3.51. The summed E-state index contributed by atoms with van der Waals surface area (Å²) in [6.07, 6.45) is 0. The highest BCUT2D eigenvalue weighted by Gasteiger charge is 2.19. The second-order valence-corrected chi connectivity index (χ2v) is 12.2. The predicted molar refractivity (Wildman–Crippen MR) is 186 cm³/mol.